The van der Waals surface area contributed by atoms with Gasteiger partial charge in [0.15, 0.2) is 23.0 Å². The van der Waals surface area contributed by atoms with Gasteiger partial charge in [-0.3, -0.25) is 0 Å². The highest BCUT2D eigenvalue weighted by atomic mass is 16.7. The second-order valence-electron chi connectivity index (χ2n) is 6.90. The SMILES string of the molecule is Oc1ccc([C@@H]2OC[C@]3(O)[C@@H](c4ccc5c(c4)OCO5)OC[C@H]23)cc1O. The normalized spacial score (nSPS) is 32.0. The topological polar surface area (TPSA) is 97.6 Å². The third kappa shape index (κ3) is 2.18. The minimum absolute atomic E-state index is 0.114. The van der Waals surface area contributed by atoms with Gasteiger partial charge in [0.25, 0.3) is 0 Å². The molecule has 0 saturated carbocycles. The first-order valence-electron chi connectivity index (χ1n) is 8.43. The third-order valence-electron chi connectivity index (χ3n) is 5.43. The lowest BCUT2D eigenvalue weighted by Gasteiger charge is -2.27. The number of rotatable bonds is 2. The summed E-state index contributed by atoms with van der Waals surface area (Å²) in [6, 6.07) is 10.0. The van der Waals surface area contributed by atoms with Gasteiger partial charge in [-0.25, -0.2) is 0 Å². The summed E-state index contributed by atoms with van der Waals surface area (Å²) in [5.41, 5.74) is 0.305. The molecule has 0 aromatic heterocycles. The average Bonchev–Trinajstić information content (AvgIpc) is 3.30. The van der Waals surface area contributed by atoms with E-state index in [1.165, 1.54) is 12.1 Å². The summed E-state index contributed by atoms with van der Waals surface area (Å²) >= 11 is 0. The summed E-state index contributed by atoms with van der Waals surface area (Å²) in [7, 11) is 0. The summed E-state index contributed by atoms with van der Waals surface area (Å²) < 4.78 is 22.6. The van der Waals surface area contributed by atoms with E-state index in [0.29, 0.717) is 23.7 Å². The molecule has 2 saturated heterocycles. The van der Waals surface area contributed by atoms with E-state index in [1.807, 2.05) is 18.2 Å². The minimum atomic E-state index is -1.19. The summed E-state index contributed by atoms with van der Waals surface area (Å²) in [5, 5.41) is 30.6. The monoisotopic (exact) mass is 358 g/mol. The average molecular weight is 358 g/mol. The number of phenols is 2. The van der Waals surface area contributed by atoms with E-state index in [0.717, 1.165) is 5.56 Å². The Morgan fingerprint density at radius 2 is 1.69 bits per heavy atom. The largest absolute Gasteiger partial charge is 0.504 e. The molecule has 0 amide bonds. The molecule has 7 nitrogen and oxygen atoms in total. The van der Waals surface area contributed by atoms with Crippen molar-refractivity contribution in [3.8, 4) is 23.0 Å². The number of aromatic hydroxyl groups is 2. The van der Waals surface area contributed by atoms with Crippen molar-refractivity contribution in [2.24, 2.45) is 5.92 Å². The van der Waals surface area contributed by atoms with Crippen molar-refractivity contribution in [1.82, 2.24) is 0 Å². The second kappa shape index (κ2) is 5.51. The summed E-state index contributed by atoms with van der Waals surface area (Å²) in [6.45, 7) is 0.623. The number of phenolic OH excluding ortho intramolecular Hbond substituents is 2. The van der Waals surface area contributed by atoms with Crippen LogP contribution in [0.15, 0.2) is 36.4 Å². The third-order valence-corrected chi connectivity index (χ3v) is 5.43. The number of hydrogen-bond donors (Lipinski definition) is 3. The lowest BCUT2D eigenvalue weighted by molar-refractivity contribution is -0.0628. The lowest BCUT2D eigenvalue weighted by Crippen LogP contribution is -2.39. The number of fused-ring (bicyclic) bond motifs is 2. The summed E-state index contributed by atoms with van der Waals surface area (Å²) in [4.78, 5) is 0. The van der Waals surface area contributed by atoms with E-state index in [9.17, 15) is 15.3 Å². The Morgan fingerprint density at radius 1 is 0.885 bits per heavy atom. The molecule has 3 aliphatic rings. The first-order chi connectivity index (χ1) is 12.6. The van der Waals surface area contributed by atoms with Gasteiger partial charge >= 0.3 is 0 Å². The van der Waals surface area contributed by atoms with Gasteiger partial charge in [0.1, 0.15) is 11.7 Å². The molecule has 0 spiro atoms. The van der Waals surface area contributed by atoms with Gasteiger partial charge in [-0.05, 0) is 35.4 Å². The molecule has 26 heavy (non-hydrogen) atoms. The Balaban J connectivity index is 1.45. The van der Waals surface area contributed by atoms with Crippen molar-refractivity contribution >= 4 is 0 Å². The van der Waals surface area contributed by atoms with Crippen LogP contribution >= 0.6 is 0 Å². The van der Waals surface area contributed by atoms with Gasteiger partial charge < -0.3 is 34.3 Å². The van der Waals surface area contributed by atoms with Crippen LogP contribution in [-0.4, -0.2) is 40.9 Å². The first-order valence-corrected chi connectivity index (χ1v) is 8.43. The molecule has 0 aliphatic carbocycles. The maximum atomic E-state index is 11.3. The molecular weight excluding hydrogens is 340 g/mol. The van der Waals surface area contributed by atoms with Crippen LogP contribution in [-0.2, 0) is 9.47 Å². The zero-order valence-corrected chi connectivity index (χ0v) is 13.8. The molecule has 2 aromatic rings. The Bertz CT molecular complexity index is 867. The number of hydrogen-bond acceptors (Lipinski definition) is 7. The van der Waals surface area contributed by atoms with Crippen molar-refractivity contribution in [2.45, 2.75) is 17.8 Å². The lowest BCUT2D eigenvalue weighted by atomic mass is 9.81. The van der Waals surface area contributed by atoms with Crippen molar-refractivity contribution in [2.75, 3.05) is 20.0 Å². The molecule has 0 bridgehead atoms. The predicted molar refractivity (Wildman–Crippen MR) is 88.2 cm³/mol. The van der Waals surface area contributed by atoms with E-state index < -0.39 is 17.8 Å². The Morgan fingerprint density at radius 3 is 2.54 bits per heavy atom. The number of benzene rings is 2. The van der Waals surface area contributed by atoms with E-state index >= 15 is 0 Å². The van der Waals surface area contributed by atoms with Crippen LogP contribution in [0.3, 0.4) is 0 Å². The summed E-state index contributed by atoms with van der Waals surface area (Å²) in [6.07, 6.45) is -0.969. The Hall–Kier alpha value is -2.48. The number of aliphatic hydroxyl groups is 1. The second-order valence-corrected chi connectivity index (χ2v) is 6.90. The van der Waals surface area contributed by atoms with Gasteiger partial charge in [0.2, 0.25) is 6.79 Å². The van der Waals surface area contributed by atoms with E-state index in [1.54, 1.807) is 6.07 Å². The number of ether oxygens (including phenoxy) is 4. The zero-order chi connectivity index (χ0) is 17.9. The molecule has 2 aromatic carbocycles. The fourth-order valence-electron chi connectivity index (χ4n) is 4.06. The standard InChI is InChI=1S/C19H18O7/c20-13-3-1-10(5-14(13)21)17-12-7-23-18(19(12,22)8-24-17)11-2-4-15-16(6-11)26-9-25-15/h1-6,12,17-18,20-22H,7-9H2/t12-,17+,18-,19-/m1/s1. The predicted octanol–water partition coefficient (Wildman–Crippen LogP) is 2.02. The minimum Gasteiger partial charge on any atom is -0.504 e. The quantitative estimate of drug-likeness (QED) is 0.707. The zero-order valence-electron chi connectivity index (χ0n) is 13.8. The van der Waals surface area contributed by atoms with E-state index in [-0.39, 0.29) is 30.8 Å². The smallest absolute Gasteiger partial charge is 0.231 e. The Kier molecular flexibility index (Phi) is 3.34. The van der Waals surface area contributed by atoms with Crippen LogP contribution in [0, 0.1) is 5.92 Å². The molecule has 5 rings (SSSR count). The van der Waals surface area contributed by atoms with Crippen LogP contribution < -0.4 is 9.47 Å². The van der Waals surface area contributed by atoms with E-state index in [4.69, 9.17) is 18.9 Å². The fraction of sp³-hybridized carbons (Fsp3) is 0.368. The van der Waals surface area contributed by atoms with E-state index in [2.05, 4.69) is 0 Å². The van der Waals surface area contributed by atoms with Gasteiger partial charge in [0.05, 0.1) is 19.3 Å². The fourth-order valence-corrected chi connectivity index (χ4v) is 4.06. The van der Waals surface area contributed by atoms with Crippen molar-refractivity contribution in [3.63, 3.8) is 0 Å². The Labute approximate surface area is 149 Å². The molecular formula is C19H18O7. The molecule has 0 unspecified atom stereocenters. The molecule has 7 heteroatoms. The molecule has 3 aliphatic heterocycles. The molecule has 3 heterocycles. The first kappa shape index (κ1) is 15.7. The van der Waals surface area contributed by atoms with Crippen LogP contribution in [0.1, 0.15) is 23.3 Å². The van der Waals surface area contributed by atoms with Crippen LogP contribution in [0.25, 0.3) is 0 Å². The molecule has 0 radical (unpaired) electrons. The van der Waals surface area contributed by atoms with Gasteiger partial charge in [-0.1, -0.05) is 12.1 Å². The molecule has 4 atom stereocenters. The maximum absolute atomic E-state index is 11.3. The van der Waals surface area contributed by atoms with Crippen LogP contribution in [0.2, 0.25) is 0 Å². The van der Waals surface area contributed by atoms with Gasteiger partial charge in [0, 0.05) is 5.92 Å². The van der Waals surface area contributed by atoms with Gasteiger partial charge in [-0.15, -0.1) is 0 Å². The van der Waals surface area contributed by atoms with Crippen LogP contribution in [0.5, 0.6) is 23.0 Å². The van der Waals surface area contributed by atoms with Gasteiger partial charge in [-0.2, -0.15) is 0 Å². The molecule has 136 valence electrons. The van der Waals surface area contributed by atoms with Crippen molar-refractivity contribution in [1.29, 1.82) is 0 Å². The highest BCUT2D eigenvalue weighted by molar-refractivity contribution is 5.46. The molecule has 2 fully saturated rings. The van der Waals surface area contributed by atoms with Crippen LogP contribution in [0.4, 0.5) is 0 Å². The highest BCUT2D eigenvalue weighted by Crippen LogP contribution is 2.54. The molecule has 3 N–H and O–H groups in total. The van der Waals surface area contributed by atoms with Crippen molar-refractivity contribution in [3.05, 3.63) is 47.5 Å². The summed E-state index contributed by atoms with van der Waals surface area (Å²) in [5.74, 6) is 0.616. The highest BCUT2D eigenvalue weighted by Gasteiger charge is 2.59. The van der Waals surface area contributed by atoms with Crippen molar-refractivity contribution < 1.29 is 34.3 Å². The maximum Gasteiger partial charge on any atom is 0.231 e.